The molecule has 1 aliphatic rings. The molecule has 2 heterocycles. The normalized spacial score (nSPS) is 15.5. The Balaban J connectivity index is 1.42. The Hall–Kier alpha value is -3.59. The van der Waals surface area contributed by atoms with Crippen LogP contribution < -0.4 is 11.1 Å². The highest BCUT2D eigenvalue weighted by atomic mass is 19.1. The molecule has 0 unspecified atom stereocenters. The van der Waals surface area contributed by atoms with Gasteiger partial charge in [0.25, 0.3) is 5.91 Å². The van der Waals surface area contributed by atoms with Gasteiger partial charge in [0.2, 0.25) is 11.9 Å². The first-order valence-corrected chi connectivity index (χ1v) is 10.1. The number of nitrogens with one attached hydrogen (secondary N) is 1. The second-order valence-corrected chi connectivity index (χ2v) is 7.35. The molecule has 9 heteroatoms. The van der Waals surface area contributed by atoms with Gasteiger partial charge in [0.15, 0.2) is 5.82 Å². The molecule has 160 valence electrons. The molecule has 0 spiro atoms. The molecule has 0 bridgehead atoms. The topological polar surface area (TPSA) is 100 Å². The van der Waals surface area contributed by atoms with Crippen molar-refractivity contribution in [2.45, 2.75) is 13.0 Å². The third kappa shape index (κ3) is 4.77. The first-order chi connectivity index (χ1) is 15.0. The van der Waals surface area contributed by atoms with E-state index in [1.807, 2.05) is 37.3 Å². The molecule has 31 heavy (non-hydrogen) atoms. The van der Waals surface area contributed by atoms with Crippen LogP contribution in [0.3, 0.4) is 0 Å². The summed E-state index contributed by atoms with van der Waals surface area (Å²) < 4.78 is 14.0. The molecule has 1 saturated heterocycles. The molecule has 1 atom stereocenters. The Morgan fingerprint density at radius 2 is 1.68 bits per heavy atom. The Kier molecular flexibility index (Phi) is 6.03. The average Bonchev–Trinajstić information content (AvgIpc) is 2.79. The summed E-state index contributed by atoms with van der Waals surface area (Å²) in [6.45, 7) is 4.22. The Morgan fingerprint density at radius 1 is 1.00 bits per heavy atom. The number of halogens is 1. The first-order valence-electron chi connectivity index (χ1n) is 10.1. The SMILES string of the molecule is C[C@@H](c1nc(N)nc(Nc2ccccc2)n1)N1CCN(C(=O)c2ccccc2F)CC1. The van der Waals surface area contributed by atoms with Crippen molar-refractivity contribution in [1.29, 1.82) is 0 Å². The fourth-order valence-corrected chi connectivity index (χ4v) is 3.58. The lowest BCUT2D eigenvalue weighted by Crippen LogP contribution is -2.49. The summed E-state index contributed by atoms with van der Waals surface area (Å²) in [4.78, 5) is 29.5. The Morgan fingerprint density at radius 3 is 2.39 bits per heavy atom. The number of carbonyl (C=O) groups is 1. The van der Waals surface area contributed by atoms with Crippen molar-refractivity contribution >= 4 is 23.5 Å². The van der Waals surface area contributed by atoms with Crippen molar-refractivity contribution in [3.63, 3.8) is 0 Å². The largest absolute Gasteiger partial charge is 0.368 e. The molecular formula is C22H24FN7O. The minimum Gasteiger partial charge on any atom is -0.368 e. The van der Waals surface area contributed by atoms with Gasteiger partial charge in [-0.3, -0.25) is 9.69 Å². The van der Waals surface area contributed by atoms with Gasteiger partial charge in [-0.1, -0.05) is 30.3 Å². The number of anilines is 3. The standard InChI is InChI=1S/C22H24FN7O/c1-15(19-26-21(24)28-22(27-19)25-16-7-3-2-4-8-16)29-11-13-30(14-12-29)20(31)17-9-5-6-10-18(17)23/h2-10,15H,11-14H2,1H3,(H3,24,25,26,27,28)/t15-/m0/s1. The molecule has 8 nitrogen and oxygen atoms in total. The fourth-order valence-electron chi connectivity index (χ4n) is 3.58. The number of hydrogen-bond acceptors (Lipinski definition) is 7. The van der Waals surface area contributed by atoms with E-state index in [-0.39, 0.29) is 23.5 Å². The second kappa shape index (κ2) is 9.05. The zero-order chi connectivity index (χ0) is 21.8. The number of amides is 1. The summed E-state index contributed by atoms with van der Waals surface area (Å²) >= 11 is 0. The first kappa shape index (κ1) is 20.7. The van der Waals surface area contributed by atoms with Crippen LogP contribution in [0.5, 0.6) is 0 Å². The van der Waals surface area contributed by atoms with Crippen LogP contribution in [0.25, 0.3) is 0 Å². The number of aromatic nitrogens is 3. The van der Waals surface area contributed by atoms with Crippen LogP contribution in [0.1, 0.15) is 29.1 Å². The Bertz CT molecular complexity index is 1050. The predicted octanol–water partition coefficient (Wildman–Crippen LogP) is 2.86. The highest BCUT2D eigenvalue weighted by Crippen LogP contribution is 2.22. The molecule has 0 radical (unpaired) electrons. The van der Waals surface area contributed by atoms with Gasteiger partial charge < -0.3 is 16.0 Å². The summed E-state index contributed by atoms with van der Waals surface area (Å²) in [5.74, 6) is 0.295. The zero-order valence-corrected chi connectivity index (χ0v) is 17.2. The summed E-state index contributed by atoms with van der Waals surface area (Å²) in [7, 11) is 0. The zero-order valence-electron chi connectivity index (χ0n) is 17.2. The van der Waals surface area contributed by atoms with Crippen molar-refractivity contribution in [3.8, 4) is 0 Å². The lowest BCUT2D eigenvalue weighted by molar-refractivity contribution is 0.0571. The van der Waals surface area contributed by atoms with E-state index >= 15 is 0 Å². The number of piperazine rings is 1. The quantitative estimate of drug-likeness (QED) is 0.653. The maximum atomic E-state index is 14.0. The summed E-state index contributed by atoms with van der Waals surface area (Å²) in [5.41, 5.74) is 6.87. The minimum absolute atomic E-state index is 0.103. The summed E-state index contributed by atoms with van der Waals surface area (Å²) in [6.07, 6.45) is 0. The molecular weight excluding hydrogens is 397 g/mol. The van der Waals surface area contributed by atoms with Crippen LogP contribution >= 0.6 is 0 Å². The van der Waals surface area contributed by atoms with E-state index in [1.165, 1.54) is 12.1 Å². The van der Waals surface area contributed by atoms with Crippen LogP contribution in [0.2, 0.25) is 0 Å². The number of carbonyl (C=O) groups excluding carboxylic acids is 1. The van der Waals surface area contributed by atoms with Gasteiger partial charge in [-0.15, -0.1) is 0 Å². The van der Waals surface area contributed by atoms with Crippen molar-refractivity contribution in [2.75, 3.05) is 37.2 Å². The maximum Gasteiger partial charge on any atom is 0.256 e. The molecule has 1 aliphatic heterocycles. The van der Waals surface area contributed by atoms with Crippen LogP contribution in [-0.2, 0) is 0 Å². The van der Waals surface area contributed by atoms with E-state index in [2.05, 4.69) is 25.2 Å². The van der Waals surface area contributed by atoms with Crippen LogP contribution in [0, 0.1) is 5.82 Å². The molecule has 2 aromatic carbocycles. The Labute approximate surface area is 179 Å². The number of benzene rings is 2. The van der Waals surface area contributed by atoms with E-state index in [1.54, 1.807) is 17.0 Å². The monoisotopic (exact) mass is 421 g/mol. The maximum absolute atomic E-state index is 14.0. The average molecular weight is 421 g/mol. The minimum atomic E-state index is -0.498. The number of hydrogen-bond donors (Lipinski definition) is 2. The number of para-hydroxylation sites is 1. The highest BCUT2D eigenvalue weighted by Gasteiger charge is 2.28. The van der Waals surface area contributed by atoms with Gasteiger partial charge >= 0.3 is 0 Å². The highest BCUT2D eigenvalue weighted by molar-refractivity contribution is 5.94. The van der Waals surface area contributed by atoms with E-state index in [4.69, 9.17) is 5.73 Å². The van der Waals surface area contributed by atoms with E-state index in [0.717, 1.165) is 5.69 Å². The smallest absolute Gasteiger partial charge is 0.256 e. The molecule has 1 amide bonds. The number of nitrogens with zero attached hydrogens (tertiary/aromatic N) is 5. The van der Waals surface area contributed by atoms with Crippen molar-refractivity contribution < 1.29 is 9.18 Å². The van der Waals surface area contributed by atoms with Gasteiger partial charge in [0.1, 0.15) is 5.82 Å². The van der Waals surface area contributed by atoms with Gasteiger partial charge in [0.05, 0.1) is 11.6 Å². The van der Waals surface area contributed by atoms with Crippen molar-refractivity contribution in [3.05, 3.63) is 71.8 Å². The molecule has 0 aliphatic carbocycles. The number of nitrogens with two attached hydrogens (primary N) is 1. The van der Waals surface area contributed by atoms with Crippen LogP contribution in [-0.4, -0.2) is 56.8 Å². The van der Waals surface area contributed by atoms with Crippen LogP contribution in [0.4, 0.5) is 22.0 Å². The molecule has 4 rings (SSSR count). The lowest BCUT2D eigenvalue weighted by atomic mass is 10.1. The molecule has 1 fully saturated rings. The molecule has 0 saturated carbocycles. The van der Waals surface area contributed by atoms with Gasteiger partial charge in [-0.2, -0.15) is 15.0 Å². The van der Waals surface area contributed by atoms with Gasteiger partial charge in [0, 0.05) is 31.9 Å². The van der Waals surface area contributed by atoms with Gasteiger partial charge in [-0.05, 0) is 31.2 Å². The molecule has 3 aromatic rings. The number of rotatable bonds is 5. The van der Waals surface area contributed by atoms with E-state index in [9.17, 15) is 9.18 Å². The molecule has 1 aromatic heterocycles. The van der Waals surface area contributed by atoms with E-state index < -0.39 is 5.82 Å². The second-order valence-electron chi connectivity index (χ2n) is 7.35. The fraction of sp³-hybridized carbons (Fsp3) is 0.273. The summed E-state index contributed by atoms with van der Waals surface area (Å²) in [6, 6.07) is 15.5. The van der Waals surface area contributed by atoms with Crippen LogP contribution in [0.15, 0.2) is 54.6 Å². The molecule has 3 N–H and O–H groups in total. The number of nitrogen functional groups attached to an aromatic ring is 1. The lowest BCUT2D eigenvalue weighted by Gasteiger charge is -2.37. The van der Waals surface area contributed by atoms with Crippen molar-refractivity contribution in [1.82, 2.24) is 24.8 Å². The van der Waals surface area contributed by atoms with Gasteiger partial charge in [-0.25, -0.2) is 4.39 Å². The third-order valence-corrected chi connectivity index (χ3v) is 5.33. The third-order valence-electron chi connectivity index (χ3n) is 5.33. The van der Waals surface area contributed by atoms with Crippen molar-refractivity contribution in [2.24, 2.45) is 0 Å². The summed E-state index contributed by atoms with van der Waals surface area (Å²) in [5, 5.41) is 3.14. The predicted molar refractivity (Wildman–Crippen MR) is 116 cm³/mol. The van der Waals surface area contributed by atoms with E-state index in [0.29, 0.717) is 38.0 Å².